The maximum absolute atomic E-state index is 4.48. The molecule has 3 heteroatoms. The van der Waals surface area contributed by atoms with Gasteiger partial charge in [-0.3, -0.25) is 0 Å². The molecule has 0 unspecified atom stereocenters. The van der Waals surface area contributed by atoms with E-state index in [0.717, 1.165) is 24.2 Å². The van der Waals surface area contributed by atoms with Crippen molar-refractivity contribution in [1.29, 1.82) is 0 Å². The normalized spacial score (nSPS) is 15.8. The number of aromatic nitrogens is 3. The fourth-order valence-corrected chi connectivity index (χ4v) is 2.21. The van der Waals surface area contributed by atoms with Crippen molar-refractivity contribution in [1.82, 2.24) is 14.6 Å². The Morgan fingerprint density at radius 2 is 2.14 bits per heavy atom. The van der Waals surface area contributed by atoms with E-state index >= 15 is 0 Å². The lowest BCUT2D eigenvalue weighted by Crippen LogP contribution is -2.10. The Labute approximate surface area is 82.8 Å². The molecular weight excluding hydrogens is 174 g/mol. The smallest absolute Gasteiger partial charge is 0.155 e. The monoisotopic (exact) mass is 187 g/mol. The van der Waals surface area contributed by atoms with Crippen LogP contribution in [0.15, 0.2) is 12.3 Å². The average molecular weight is 187 g/mol. The molecule has 0 atom stereocenters. The number of hydrogen-bond donors (Lipinski definition) is 0. The molecule has 72 valence electrons. The maximum atomic E-state index is 4.48. The van der Waals surface area contributed by atoms with Gasteiger partial charge in [0.2, 0.25) is 0 Å². The van der Waals surface area contributed by atoms with Gasteiger partial charge in [-0.25, -0.2) is 9.50 Å². The summed E-state index contributed by atoms with van der Waals surface area (Å²) in [5.41, 5.74) is 4.79. The molecule has 0 saturated heterocycles. The van der Waals surface area contributed by atoms with Gasteiger partial charge in [-0.2, -0.15) is 5.10 Å². The van der Waals surface area contributed by atoms with Gasteiger partial charge < -0.3 is 0 Å². The first-order chi connectivity index (χ1) is 6.84. The molecule has 0 radical (unpaired) electrons. The highest BCUT2D eigenvalue weighted by atomic mass is 15.3. The summed E-state index contributed by atoms with van der Waals surface area (Å²) in [6.07, 6.45) is 6.91. The van der Waals surface area contributed by atoms with Crippen LogP contribution < -0.4 is 0 Å². The van der Waals surface area contributed by atoms with Crippen LogP contribution in [0.3, 0.4) is 0 Å². The molecule has 0 fully saturated rings. The van der Waals surface area contributed by atoms with Gasteiger partial charge in [-0.05, 0) is 38.2 Å². The fourth-order valence-electron chi connectivity index (χ4n) is 2.21. The predicted molar refractivity (Wildman–Crippen MR) is 54.4 cm³/mol. The zero-order valence-corrected chi connectivity index (χ0v) is 8.32. The van der Waals surface area contributed by atoms with Crippen molar-refractivity contribution in [2.45, 2.75) is 32.6 Å². The van der Waals surface area contributed by atoms with Gasteiger partial charge in [0.15, 0.2) is 5.65 Å². The van der Waals surface area contributed by atoms with Crippen LogP contribution in [0.25, 0.3) is 5.65 Å². The van der Waals surface area contributed by atoms with Crippen molar-refractivity contribution in [3.05, 3.63) is 29.2 Å². The maximum Gasteiger partial charge on any atom is 0.155 e. The van der Waals surface area contributed by atoms with Gasteiger partial charge >= 0.3 is 0 Å². The largest absolute Gasteiger partial charge is 0.237 e. The Kier molecular flexibility index (Phi) is 1.60. The van der Waals surface area contributed by atoms with E-state index in [1.165, 1.54) is 24.1 Å². The van der Waals surface area contributed by atoms with Crippen molar-refractivity contribution < 1.29 is 0 Å². The summed E-state index contributed by atoms with van der Waals surface area (Å²) in [7, 11) is 0. The molecule has 1 aliphatic rings. The predicted octanol–water partition coefficient (Wildman–Crippen LogP) is 1.92. The standard InChI is InChI=1S/C11H13N3/c1-8-6-11-12-7-9-4-2-3-5-10(9)14(11)13-8/h6-7H,2-5H2,1H3. The van der Waals surface area contributed by atoms with Gasteiger partial charge in [0.25, 0.3) is 0 Å². The molecule has 1 aliphatic carbocycles. The van der Waals surface area contributed by atoms with Gasteiger partial charge in [-0.15, -0.1) is 0 Å². The molecule has 0 bridgehead atoms. The Balaban J connectivity index is 2.33. The van der Waals surface area contributed by atoms with Crippen LogP contribution in [-0.4, -0.2) is 14.6 Å². The fraction of sp³-hybridized carbons (Fsp3) is 0.455. The van der Waals surface area contributed by atoms with Crippen LogP contribution in [0, 0.1) is 6.92 Å². The number of nitrogens with zero attached hydrogens (tertiary/aromatic N) is 3. The highest BCUT2D eigenvalue weighted by Gasteiger charge is 2.13. The zero-order valence-electron chi connectivity index (χ0n) is 8.32. The molecule has 0 saturated carbocycles. The Morgan fingerprint density at radius 1 is 1.29 bits per heavy atom. The first-order valence-electron chi connectivity index (χ1n) is 5.18. The summed E-state index contributed by atoms with van der Waals surface area (Å²) >= 11 is 0. The van der Waals surface area contributed by atoms with Crippen LogP contribution in [0.1, 0.15) is 29.8 Å². The van der Waals surface area contributed by atoms with E-state index in [-0.39, 0.29) is 0 Å². The molecular formula is C11H13N3. The van der Waals surface area contributed by atoms with Crippen LogP contribution >= 0.6 is 0 Å². The zero-order chi connectivity index (χ0) is 9.54. The molecule has 0 aliphatic heterocycles. The first-order valence-corrected chi connectivity index (χ1v) is 5.18. The quantitative estimate of drug-likeness (QED) is 0.630. The molecule has 2 aromatic heterocycles. The van der Waals surface area contributed by atoms with Gasteiger partial charge in [0.05, 0.1) is 5.69 Å². The lowest BCUT2D eigenvalue weighted by atomic mass is 9.97. The van der Waals surface area contributed by atoms with E-state index in [1.54, 1.807) is 0 Å². The minimum Gasteiger partial charge on any atom is -0.237 e. The molecule has 0 spiro atoms. The molecule has 3 nitrogen and oxygen atoms in total. The third-order valence-electron chi connectivity index (χ3n) is 2.90. The summed E-state index contributed by atoms with van der Waals surface area (Å²) in [4.78, 5) is 4.42. The lowest BCUT2D eigenvalue weighted by molar-refractivity contribution is 0.639. The highest BCUT2D eigenvalue weighted by Crippen LogP contribution is 2.21. The van der Waals surface area contributed by atoms with Crippen molar-refractivity contribution in [2.75, 3.05) is 0 Å². The van der Waals surface area contributed by atoms with Gasteiger partial charge in [0.1, 0.15) is 0 Å². The van der Waals surface area contributed by atoms with Crippen LogP contribution in [0.2, 0.25) is 0 Å². The van der Waals surface area contributed by atoms with E-state index in [2.05, 4.69) is 10.1 Å². The van der Waals surface area contributed by atoms with Crippen LogP contribution in [-0.2, 0) is 12.8 Å². The second-order valence-electron chi connectivity index (χ2n) is 3.99. The number of rotatable bonds is 0. The topological polar surface area (TPSA) is 30.2 Å². The number of hydrogen-bond acceptors (Lipinski definition) is 2. The molecule has 2 heterocycles. The summed E-state index contributed by atoms with van der Waals surface area (Å²) in [5, 5.41) is 4.48. The van der Waals surface area contributed by atoms with E-state index in [0.29, 0.717) is 0 Å². The Hall–Kier alpha value is -1.38. The minimum absolute atomic E-state index is 0.989. The summed E-state index contributed by atoms with van der Waals surface area (Å²) in [5.74, 6) is 0. The second-order valence-corrected chi connectivity index (χ2v) is 3.99. The molecule has 0 amide bonds. The first kappa shape index (κ1) is 7.97. The number of fused-ring (bicyclic) bond motifs is 3. The third-order valence-corrected chi connectivity index (χ3v) is 2.90. The second kappa shape index (κ2) is 2.80. The molecule has 0 aromatic carbocycles. The van der Waals surface area contributed by atoms with E-state index < -0.39 is 0 Å². The number of aryl methyl sites for hydroxylation is 3. The lowest BCUT2D eigenvalue weighted by Gasteiger charge is -2.15. The van der Waals surface area contributed by atoms with Crippen molar-refractivity contribution >= 4 is 5.65 Å². The summed E-state index contributed by atoms with van der Waals surface area (Å²) in [6.45, 7) is 2.02. The van der Waals surface area contributed by atoms with Crippen molar-refractivity contribution in [3.8, 4) is 0 Å². The van der Waals surface area contributed by atoms with Crippen LogP contribution in [0.4, 0.5) is 0 Å². The summed E-state index contributed by atoms with van der Waals surface area (Å²) < 4.78 is 2.02. The molecule has 0 N–H and O–H groups in total. The molecule has 3 rings (SSSR count). The van der Waals surface area contributed by atoms with E-state index in [4.69, 9.17) is 0 Å². The van der Waals surface area contributed by atoms with Crippen molar-refractivity contribution in [2.24, 2.45) is 0 Å². The van der Waals surface area contributed by atoms with E-state index in [1.807, 2.05) is 23.7 Å². The van der Waals surface area contributed by atoms with Gasteiger partial charge in [0, 0.05) is 18.0 Å². The van der Waals surface area contributed by atoms with Crippen LogP contribution in [0.5, 0.6) is 0 Å². The third kappa shape index (κ3) is 1.05. The van der Waals surface area contributed by atoms with Gasteiger partial charge in [-0.1, -0.05) is 0 Å². The Bertz CT molecular complexity index is 484. The van der Waals surface area contributed by atoms with Crippen molar-refractivity contribution in [3.63, 3.8) is 0 Å². The summed E-state index contributed by atoms with van der Waals surface area (Å²) in [6, 6.07) is 2.04. The molecule has 2 aromatic rings. The van der Waals surface area contributed by atoms with E-state index in [9.17, 15) is 0 Å². The highest BCUT2D eigenvalue weighted by molar-refractivity contribution is 5.42. The average Bonchev–Trinajstić information content (AvgIpc) is 2.59. The SMILES string of the molecule is Cc1cc2ncc3c(n2n1)CCCC3. The minimum atomic E-state index is 0.989. The Morgan fingerprint density at radius 3 is 3.07 bits per heavy atom. The molecule has 14 heavy (non-hydrogen) atoms.